The molecular weight excluding hydrogens is 395 g/mol. The van der Waals surface area contributed by atoms with Gasteiger partial charge in [0, 0.05) is 6.54 Å². The van der Waals surface area contributed by atoms with Gasteiger partial charge in [-0.05, 0) is 42.7 Å². The Bertz CT molecular complexity index is 991. The number of ether oxygens (including phenoxy) is 2. The molecule has 150 valence electrons. The van der Waals surface area contributed by atoms with Gasteiger partial charge in [-0.25, -0.2) is 8.42 Å². The molecule has 0 aromatic heterocycles. The minimum absolute atomic E-state index is 0.0669. The summed E-state index contributed by atoms with van der Waals surface area (Å²) in [5, 5.41) is 0. The second-order valence-electron chi connectivity index (χ2n) is 6.67. The number of sulfone groups is 1. The largest absolute Gasteiger partial charge is 0.501 e. The Kier molecular flexibility index (Phi) is 4.65. The van der Waals surface area contributed by atoms with E-state index in [9.17, 15) is 21.6 Å². The molecule has 1 unspecified atom stereocenters. The summed E-state index contributed by atoms with van der Waals surface area (Å²) in [4.78, 5) is 1.01. The molecule has 0 N–H and O–H groups in total. The van der Waals surface area contributed by atoms with Crippen LogP contribution in [0.3, 0.4) is 0 Å². The topological polar surface area (TPSA) is 55.8 Å². The highest BCUT2D eigenvalue weighted by molar-refractivity contribution is 7.92. The molecule has 2 aliphatic heterocycles. The molecule has 0 aliphatic carbocycles. The highest BCUT2D eigenvalue weighted by atomic mass is 32.2. The van der Waals surface area contributed by atoms with Gasteiger partial charge >= 0.3 is 5.51 Å². The molecule has 1 saturated heterocycles. The second-order valence-corrected chi connectivity index (χ2v) is 8.58. The van der Waals surface area contributed by atoms with Crippen LogP contribution >= 0.6 is 0 Å². The Morgan fingerprint density at radius 1 is 1.00 bits per heavy atom. The van der Waals surface area contributed by atoms with Crippen molar-refractivity contribution in [3.05, 3.63) is 48.0 Å². The monoisotopic (exact) mass is 413 g/mol. The number of anilines is 1. The van der Waals surface area contributed by atoms with E-state index in [1.165, 1.54) is 12.1 Å². The lowest BCUT2D eigenvalue weighted by Crippen LogP contribution is -2.28. The Morgan fingerprint density at radius 2 is 1.71 bits per heavy atom. The number of nitrogens with zero attached hydrogens (tertiary/aromatic N) is 1. The van der Waals surface area contributed by atoms with Crippen molar-refractivity contribution >= 4 is 15.5 Å². The van der Waals surface area contributed by atoms with Crippen molar-refractivity contribution < 1.29 is 31.1 Å². The van der Waals surface area contributed by atoms with Gasteiger partial charge in [-0.15, -0.1) is 0 Å². The average Bonchev–Trinajstić information content (AvgIpc) is 3.16. The van der Waals surface area contributed by atoms with Crippen molar-refractivity contribution in [2.24, 2.45) is 0 Å². The minimum Gasteiger partial charge on any atom is -0.486 e. The summed E-state index contributed by atoms with van der Waals surface area (Å²) in [6.07, 6.45) is 1.43. The van der Waals surface area contributed by atoms with E-state index in [-0.39, 0.29) is 11.7 Å². The highest BCUT2D eigenvalue weighted by Gasteiger charge is 2.48. The summed E-state index contributed by atoms with van der Waals surface area (Å²) >= 11 is 0. The molecule has 2 aliphatic rings. The summed E-state index contributed by atoms with van der Waals surface area (Å²) < 4.78 is 74.7. The molecule has 2 heterocycles. The number of rotatable bonds is 3. The fourth-order valence-corrected chi connectivity index (χ4v) is 4.68. The van der Waals surface area contributed by atoms with Crippen LogP contribution in [0.5, 0.6) is 11.5 Å². The lowest BCUT2D eigenvalue weighted by atomic mass is 10.0. The van der Waals surface area contributed by atoms with Crippen LogP contribution < -0.4 is 14.4 Å². The fourth-order valence-electron chi connectivity index (χ4n) is 3.72. The smallest absolute Gasteiger partial charge is 0.486 e. The lowest BCUT2D eigenvalue weighted by molar-refractivity contribution is -0.0435. The van der Waals surface area contributed by atoms with Crippen LogP contribution in [0.4, 0.5) is 18.9 Å². The van der Waals surface area contributed by atoms with Crippen LogP contribution in [0.25, 0.3) is 0 Å². The number of hydrogen-bond acceptors (Lipinski definition) is 5. The molecular formula is C19H18F3NO4S. The van der Waals surface area contributed by atoms with Crippen LogP contribution in [0.15, 0.2) is 47.4 Å². The standard InChI is InChI=1S/C19H18F3NO4S/c20-19(21,22)28(24,25)18-6-2-1-4-15(18)23-9-3-5-14(23)13-7-8-16-17(12-13)27-11-10-26-16/h1-2,4,6-8,12,14H,3,5,9-11H2. The van der Waals surface area contributed by atoms with Crippen molar-refractivity contribution in [3.63, 3.8) is 0 Å². The molecule has 0 amide bonds. The number of fused-ring (bicyclic) bond motifs is 1. The number of halogens is 3. The summed E-state index contributed by atoms with van der Waals surface area (Å²) in [6.45, 7) is 1.35. The quantitative estimate of drug-likeness (QED) is 0.759. The Labute approximate surface area is 160 Å². The average molecular weight is 413 g/mol. The van der Waals surface area contributed by atoms with Crippen molar-refractivity contribution in [1.82, 2.24) is 0 Å². The minimum atomic E-state index is -5.45. The van der Waals surface area contributed by atoms with Gasteiger partial charge in [0.1, 0.15) is 13.2 Å². The van der Waals surface area contributed by atoms with Crippen molar-refractivity contribution in [2.45, 2.75) is 29.3 Å². The third-order valence-electron chi connectivity index (χ3n) is 4.97. The highest BCUT2D eigenvalue weighted by Crippen LogP contribution is 2.43. The van der Waals surface area contributed by atoms with E-state index in [0.717, 1.165) is 18.1 Å². The summed E-state index contributed by atoms with van der Waals surface area (Å²) in [5.74, 6) is 1.21. The van der Waals surface area contributed by atoms with E-state index in [1.807, 2.05) is 12.1 Å². The normalized spacial score (nSPS) is 19.7. The molecule has 2 aromatic carbocycles. The molecule has 0 radical (unpaired) electrons. The van der Waals surface area contributed by atoms with Gasteiger partial charge in [-0.2, -0.15) is 13.2 Å². The molecule has 0 saturated carbocycles. The number of alkyl halides is 3. The van der Waals surface area contributed by atoms with E-state index in [2.05, 4.69) is 0 Å². The molecule has 1 atom stereocenters. The van der Waals surface area contributed by atoms with Crippen LogP contribution in [-0.4, -0.2) is 33.7 Å². The first-order valence-corrected chi connectivity index (χ1v) is 10.3. The lowest BCUT2D eigenvalue weighted by Gasteiger charge is -2.30. The first-order valence-electron chi connectivity index (χ1n) is 8.85. The molecule has 1 fully saturated rings. The predicted octanol–water partition coefficient (Wildman–Crippen LogP) is 4.09. The summed E-state index contributed by atoms with van der Waals surface area (Å²) in [6, 6.07) is 10.5. The first kappa shape index (κ1) is 18.9. The van der Waals surface area contributed by atoms with E-state index in [4.69, 9.17) is 9.47 Å². The third kappa shape index (κ3) is 3.17. The predicted molar refractivity (Wildman–Crippen MR) is 96.4 cm³/mol. The zero-order chi connectivity index (χ0) is 19.9. The number of hydrogen-bond donors (Lipinski definition) is 0. The maximum Gasteiger partial charge on any atom is 0.501 e. The molecule has 0 spiro atoms. The SMILES string of the molecule is O=S(=O)(c1ccccc1N1CCCC1c1ccc2c(c1)OCCO2)C(F)(F)F. The van der Waals surface area contributed by atoms with E-state index < -0.39 is 20.2 Å². The van der Waals surface area contributed by atoms with Crippen molar-refractivity contribution in [2.75, 3.05) is 24.7 Å². The fraction of sp³-hybridized carbons (Fsp3) is 0.368. The molecule has 0 bridgehead atoms. The first-order chi connectivity index (χ1) is 13.3. The van der Waals surface area contributed by atoms with Crippen molar-refractivity contribution in [1.29, 1.82) is 0 Å². The zero-order valence-electron chi connectivity index (χ0n) is 14.8. The third-order valence-corrected chi connectivity index (χ3v) is 6.51. The van der Waals surface area contributed by atoms with Gasteiger partial charge in [0.15, 0.2) is 11.5 Å². The maximum absolute atomic E-state index is 13.2. The molecule has 5 nitrogen and oxygen atoms in total. The van der Waals surface area contributed by atoms with Gasteiger partial charge in [-0.3, -0.25) is 0 Å². The van der Waals surface area contributed by atoms with Gasteiger partial charge in [0.05, 0.1) is 16.6 Å². The maximum atomic E-state index is 13.2. The zero-order valence-corrected chi connectivity index (χ0v) is 15.6. The van der Waals surface area contributed by atoms with Gasteiger partial charge in [0.2, 0.25) is 0 Å². The number of para-hydroxylation sites is 1. The van der Waals surface area contributed by atoms with Crippen LogP contribution in [0.1, 0.15) is 24.4 Å². The van der Waals surface area contributed by atoms with Crippen LogP contribution in [0.2, 0.25) is 0 Å². The van der Waals surface area contributed by atoms with Gasteiger partial charge in [-0.1, -0.05) is 18.2 Å². The van der Waals surface area contributed by atoms with Gasteiger partial charge in [0.25, 0.3) is 9.84 Å². The Balaban J connectivity index is 1.74. The van der Waals surface area contributed by atoms with Crippen molar-refractivity contribution in [3.8, 4) is 11.5 Å². The van der Waals surface area contributed by atoms with E-state index in [1.54, 1.807) is 17.0 Å². The summed E-state index contributed by atoms with van der Waals surface area (Å²) in [7, 11) is -5.45. The van der Waals surface area contributed by atoms with Crippen LogP contribution in [-0.2, 0) is 9.84 Å². The molecule has 28 heavy (non-hydrogen) atoms. The molecule has 2 aromatic rings. The Hall–Kier alpha value is -2.42. The van der Waals surface area contributed by atoms with Crippen LogP contribution in [0, 0.1) is 0 Å². The molecule has 9 heteroatoms. The van der Waals surface area contributed by atoms with Gasteiger partial charge < -0.3 is 14.4 Å². The van der Waals surface area contributed by atoms with E-state index >= 15 is 0 Å². The second kappa shape index (κ2) is 6.88. The number of benzene rings is 2. The Morgan fingerprint density at radius 3 is 2.46 bits per heavy atom. The van der Waals surface area contributed by atoms with E-state index in [0.29, 0.717) is 37.7 Å². The summed E-state index contributed by atoms with van der Waals surface area (Å²) in [5.41, 5.74) is -4.44. The molecule has 4 rings (SSSR count).